The quantitative estimate of drug-likeness (QED) is 0.911. The van der Waals surface area contributed by atoms with Crippen molar-refractivity contribution in [1.29, 1.82) is 0 Å². The SMILES string of the molecule is CC1(C2CC2)CN(CCc2ccc(Cl)cc2)CCN1. The fourth-order valence-electron chi connectivity index (χ4n) is 3.22. The molecule has 1 saturated carbocycles. The van der Waals surface area contributed by atoms with Gasteiger partial charge >= 0.3 is 0 Å². The fraction of sp³-hybridized carbons (Fsp3) is 0.625. The Morgan fingerprint density at radius 2 is 2.05 bits per heavy atom. The third-order valence-corrected chi connectivity index (χ3v) is 4.87. The van der Waals surface area contributed by atoms with E-state index >= 15 is 0 Å². The van der Waals surface area contributed by atoms with Gasteiger partial charge in [-0.05, 0) is 49.8 Å². The van der Waals surface area contributed by atoms with Crippen molar-refractivity contribution in [2.45, 2.75) is 31.7 Å². The van der Waals surface area contributed by atoms with Crippen LogP contribution in [0.15, 0.2) is 24.3 Å². The summed E-state index contributed by atoms with van der Waals surface area (Å²) in [5, 5.41) is 4.56. The first-order chi connectivity index (χ1) is 9.16. The minimum absolute atomic E-state index is 0.359. The van der Waals surface area contributed by atoms with E-state index in [1.165, 1.54) is 31.5 Å². The molecule has 1 atom stereocenters. The molecule has 104 valence electrons. The maximum atomic E-state index is 5.92. The Morgan fingerprint density at radius 3 is 2.74 bits per heavy atom. The minimum atomic E-state index is 0.359. The van der Waals surface area contributed by atoms with Gasteiger partial charge in [-0.15, -0.1) is 0 Å². The monoisotopic (exact) mass is 278 g/mol. The molecule has 0 spiro atoms. The summed E-state index contributed by atoms with van der Waals surface area (Å²) in [5.74, 6) is 0.908. The van der Waals surface area contributed by atoms with Crippen LogP contribution in [0.4, 0.5) is 0 Å². The highest BCUT2D eigenvalue weighted by molar-refractivity contribution is 6.30. The first-order valence-electron chi connectivity index (χ1n) is 7.37. The molecule has 1 unspecified atom stereocenters. The normalized spacial score (nSPS) is 28.5. The van der Waals surface area contributed by atoms with Crippen LogP contribution in [0.25, 0.3) is 0 Å². The van der Waals surface area contributed by atoms with Gasteiger partial charge in [0.2, 0.25) is 0 Å². The molecule has 0 bridgehead atoms. The van der Waals surface area contributed by atoms with Gasteiger partial charge in [-0.2, -0.15) is 0 Å². The van der Waals surface area contributed by atoms with Crippen molar-refractivity contribution in [2.75, 3.05) is 26.2 Å². The molecular formula is C16H23ClN2. The van der Waals surface area contributed by atoms with Crippen LogP contribution in [0, 0.1) is 5.92 Å². The van der Waals surface area contributed by atoms with Gasteiger partial charge in [-0.1, -0.05) is 23.7 Å². The molecule has 3 rings (SSSR count). The van der Waals surface area contributed by atoms with Gasteiger partial charge in [0.15, 0.2) is 0 Å². The zero-order valence-electron chi connectivity index (χ0n) is 11.7. The molecule has 2 fully saturated rings. The lowest BCUT2D eigenvalue weighted by molar-refractivity contribution is 0.128. The van der Waals surface area contributed by atoms with Gasteiger partial charge in [0, 0.05) is 36.7 Å². The number of nitrogens with one attached hydrogen (secondary N) is 1. The van der Waals surface area contributed by atoms with Gasteiger partial charge in [0.1, 0.15) is 0 Å². The van der Waals surface area contributed by atoms with E-state index in [1.54, 1.807) is 0 Å². The van der Waals surface area contributed by atoms with Crippen molar-refractivity contribution in [1.82, 2.24) is 10.2 Å². The van der Waals surface area contributed by atoms with Crippen LogP contribution < -0.4 is 5.32 Å². The van der Waals surface area contributed by atoms with Crippen LogP contribution in [-0.4, -0.2) is 36.6 Å². The summed E-state index contributed by atoms with van der Waals surface area (Å²) in [4.78, 5) is 2.61. The van der Waals surface area contributed by atoms with Gasteiger partial charge in [-0.3, -0.25) is 4.90 Å². The van der Waals surface area contributed by atoms with E-state index in [2.05, 4.69) is 29.3 Å². The Labute approximate surface area is 121 Å². The van der Waals surface area contributed by atoms with E-state index in [4.69, 9.17) is 11.6 Å². The van der Waals surface area contributed by atoms with E-state index < -0.39 is 0 Å². The third kappa shape index (κ3) is 3.31. The second-order valence-electron chi connectivity index (χ2n) is 6.27. The van der Waals surface area contributed by atoms with Crippen LogP contribution in [0.1, 0.15) is 25.3 Å². The topological polar surface area (TPSA) is 15.3 Å². The van der Waals surface area contributed by atoms with Crippen molar-refractivity contribution in [3.05, 3.63) is 34.9 Å². The Balaban J connectivity index is 1.53. The largest absolute Gasteiger partial charge is 0.309 e. The molecule has 1 aliphatic heterocycles. The summed E-state index contributed by atoms with van der Waals surface area (Å²) >= 11 is 5.92. The van der Waals surface area contributed by atoms with E-state index in [1.807, 2.05) is 12.1 Å². The summed E-state index contributed by atoms with van der Waals surface area (Å²) in [5.41, 5.74) is 1.74. The van der Waals surface area contributed by atoms with Crippen LogP contribution >= 0.6 is 11.6 Å². The Kier molecular flexibility index (Phi) is 3.84. The smallest absolute Gasteiger partial charge is 0.0406 e. The van der Waals surface area contributed by atoms with Crippen LogP contribution in [0.2, 0.25) is 5.02 Å². The molecule has 0 amide bonds. The molecule has 0 radical (unpaired) electrons. The summed E-state index contributed by atoms with van der Waals surface area (Å²) in [6.07, 6.45) is 3.95. The number of halogens is 1. The van der Waals surface area contributed by atoms with Crippen LogP contribution in [0.5, 0.6) is 0 Å². The zero-order chi connectivity index (χ0) is 13.3. The number of hydrogen-bond donors (Lipinski definition) is 1. The van der Waals surface area contributed by atoms with Gasteiger partial charge in [0.25, 0.3) is 0 Å². The molecular weight excluding hydrogens is 256 g/mol. The molecule has 0 aromatic heterocycles. The summed E-state index contributed by atoms with van der Waals surface area (Å²) < 4.78 is 0. The third-order valence-electron chi connectivity index (χ3n) is 4.62. The Hall–Kier alpha value is -0.570. The second-order valence-corrected chi connectivity index (χ2v) is 6.71. The predicted octanol–water partition coefficient (Wildman–Crippen LogP) is 2.96. The van der Waals surface area contributed by atoms with Crippen molar-refractivity contribution >= 4 is 11.6 Å². The van der Waals surface area contributed by atoms with Crippen LogP contribution in [0.3, 0.4) is 0 Å². The van der Waals surface area contributed by atoms with Crippen LogP contribution in [-0.2, 0) is 6.42 Å². The van der Waals surface area contributed by atoms with E-state index in [0.717, 1.165) is 30.5 Å². The number of nitrogens with zero attached hydrogens (tertiary/aromatic N) is 1. The van der Waals surface area contributed by atoms with Gasteiger partial charge < -0.3 is 5.32 Å². The zero-order valence-corrected chi connectivity index (χ0v) is 12.4. The maximum Gasteiger partial charge on any atom is 0.0406 e. The average molecular weight is 279 g/mol. The highest BCUT2D eigenvalue weighted by Gasteiger charge is 2.43. The second kappa shape index (κ2) is 5.43. The van der Waals surface area contributed by atoms with Crippen molar-refractivity contribution < 1.29 is 0 Å². The Morgan fingerprint density at radius 1 is 1.32 bits per heavy atom. The Bertz CT molecular complexity index is 427. The lowest BCUT2D eigenvalue weighted by Crippen LogP contribution is -2.60. The van der Waals surface area contributed by atoms with E-state index in [9.17, 15) is 0 Å². The maximum absolute atomic E-state index is 5.92. The number of piperazine rings is 1. The highest BCUT2D eigenvalue weighted by Crippen LogP contribution is 2.40. The van der Waals surface area contributed by atoms with Crippen molar-refractivity contribution in [2.24, 2.45) is 5.92 Å². The first kappa shape index (κ1) is 13.4. The minimum Gasteiger partial charge on any atom is -0.309 e. The van der Waals surface area contributed by atoms with E-state index in [0.29, 0.717) is 5.54 Å². The molecule has 19 heavy (non-hydrogen) atoms. The standard InChI is InChI=1S/C16H23ClN2/c1-16(14-4-5-14)12-19(11-9-18-16)10-8-13-2-6-15(17)7-3-13/h2-3,6-7,14,18H,4-5,8-12H2,1H3. The molecule has 1 aromatic rings. The molecule has 1 aromatic carbocycles. The molecule has 1 aliphatic carbocycles. The summed E-state index contributed by atoms with van der Waals surface area (Å²) in [6.45, 7) is 7.07. The summed E-state index contributed by atoms with van der Waals surface area (Å²) in [6, 6.07) is 8.27. The lowest BCUT2D eigenvalue weighted by atomic mass is 9.93. The van der Waals surface area contributed by atoms with E-state index in [-0.39, 0.29) is 0 Å². The number of benzene rings is 1. The number of hydrogen-bond acceptors (Lipinski definition) is 2. The highest BCUT2D eigenvalue weighted by atomic mass is 35.5. The van der Waals surface area contributed by atoms with Gasteiger partial charge in [-0.25, -0.2) is 0 Å². The average Bonchev–Trinajstić information content (AvgIpc) is 3.23. The number of rotatable bonds is 4. The predicted molar refractivity (Wildman–Crippen MR) is 80.7 cm³/mol. The van der Waals surface area contributed by atoms with Crippen molar-refractivity contribution in [3.63, 3.8) is 0 Å². The molecule has 1 N–H and O–H groups in total. The lowest BCUT2D eigenvalue weighted by Gasteiger charge is -2.42. The van der Waals surface area contributed by atoms with Gasteiger partial charge in [0.05, 0.1) is 0 Å². The molecule has 2 aliphatic rings. The van der Waals surface area contributed by atoms with Crippen molar-refractivity contribution in [3.8, 4) is 0 Å². The fourth-order valence-corrected chi connectivity index (χ4v) is 3.35. The first-order valence-corrected chi connectivity index (χ1v) is 7.75. The molecule has 2 nitrogen and oxygen atoms in total. The molecule has 1 heterocycles. The molecule has 3 heteroatoms. The molecule has 1 saturated heterocycles. The summed E-state index contributed by atoms with van der Waals surface area (Å²) in [7, 11) is 0.